The van der Waals surface area contributed by atoms with Gasteiger partial charge in [0.2, 0.25) is 5.91 Å². The zero-order valence-corrected chi connectivity index (χ0v) is 17.9. The van der Waals surface area contributed by atoms with Gasteiger partial charge >= 0.3 is 0 Å². The molecule has 0 saturated carbocycles. The van der Waals surface area contributed by atoms with E-state index < -0.39 is 0 Å². The molecule has 4 aromatic rings. The van der Waals surface area contributed by atoms with Gasteiger partial charge in [-0.25, -0.2) is 0 Å². The van der Waals surface area contributed by atoms with Gasteiger partial charge in [0.15, 0.2) is 11.0 Å². The summed E-state index contributed by atoms with van der Waals surface area (Å²) >= 11 is 1.43. The van der Waals surface area contributed by atoms with Gasteiger partial charge in [0.25, 0.3) is 0 Å². The quantitative estimate of drug-likeness (QED) is 0.442. The lowest BCUT2D eigenvalue weighted by Crippen LogP contribution is -2.35. The summed E-state index contributed by atoms with van der Waals surface area (Å²) in [6.07, 6.45) is 4.37. The van der Waals surface area contributed by atoms with Crippen molar-refractivity contribution in [3.63, 3.8) is 0 Å². The van der Waals surface area contributed by atoms with Crippen molar-refractivity contribution in [3.8, 4) is 17.1 Å². The molecule has 0 aliphatic carbocycles. The summed E-state index contributed by atoms with van der Waals surface area (Å²) in [6.45, 7) is 2.65. The molecule has 1 atom stereocenters. The molecule has 5 rings (SSSR count). The van der Waals surface area contributed by atoms with Crippen LogP contribution in [0.1, 0.15) is 12.5 Å². The number of aromatic nitrogens is 4. The van der Waals surface area contributed by atoms with Crippen molar-refractivity contribution in [2.75, 3.05) is 11.4 Å². The maximum absolute atomic E-state index is 13.3. The predicted molar refractivity (Wildman–Crippen MR) is 122 cm³/mol. The van der Waals surface area contributed by atoms with Crippen molar-refractivity contribution in [2.24, 2.45) is 0 Å². The highest BCUT2D eigenvalue weighted by Crippen LogP contribution is 2.33. The maximum atomic E-state index is 13.3. The van der Waals surface area contributed by atoms with Crippen LogP contribution in [0.5, 0.6) is 0 Å². The number of hydrogen-bond acceptors (Lipinski definition) is 5. The molecule has 154 valence electrons. The molecule has 0 bridgehead atoms. The van der Waals surface area contributed by atoms with Crippen molar-refractivity contribution < 1.29 is 4.79 Å². The second kappa shape index (κ2) is 8.35. The Morgan fingerprint density at radius 3 is 2.52 bits per heavy atom. The summed E-state index contributed by atoms with van der Waals surface area (Å²) in [5.41, 5.74) is 4.11. The molecule has 7 heteroatoms. The highest BCUT2D eigenvalue weighted by Gasteiger charge is 2.30. The van der Waals surface area contributed by atoms with E-state index in [1.54, 1.807) is 12.4 Å². The summed E-state index contributed by atoms with van der Waals surface area (Å²) in [5.74, 6) is 0.810. The molecule has 31 heavy (non-hydrogen) atoms. The Balaban J connectivity index is 1.47. The Kier molecular flexibility index (Phi) is 5.26. The van der Waals surface area contributed by atoms with E-state index in [4.69, 9.17) is 0 Å². The first-order valence-electron chi connectivity index (χ1n) is 10.2. The normalized spacial score (nSPS) is 13.8. The van der Waals surface area contributed by atoms with E-state index in [2.05, 4.69) is 21.2 Å². The van der Waals surface area contributed by atoms with Crippen LogP contribution in [0.3, 0.4) is 0 Å². The molecule has 0 spiro atoms. The smallest absolute Gasteiger partial charge is 0.240 e. The maximum Gasteiger partial charge on any atom is 0.240 e. The van der Waals surface area contributed by atoms with E-state index in [9.17, 15) is 4.79 Å². The number of rotatable bonds is 5. The number of nitrogens with zero attached hydrogens (tertiary/aromatic N) is 5. The average Bonchev–Trinajstić information content (AvgIpc) is 3.44. The van der Waals surface area contributed by atoms with Crippen LogP contribution in [0.25, 0.3) is 17.1 Å². The first-order valence-corrected chi connectivity index (χ1v) is 11.1. The van der Waals surface area contributed by atoms with Gasteiger partial charge in [0, 0.05) is 35.9 Å². The third-order valence-corrected chi connectivity index (χ3v) is 6.40. The van der Waals surface area contributed by atoms with Crippen LogP contribution < -0.4 is 4.90 Å². The molecule has 0 fully saturated rings. The van der Waals surface area contributed by atoms with Crippen LogP contribution in [0.2, 0.25) is 0 Å². The Morgan fingerprint density at radius 2 is 1.71 bits per heavy atom. The van der Waals surface area contributed by atoms with Gasteiger partial charge in [-0.3, -0.25) is 14.3 Å². The lowest BCUT2D eigenvalue weighted by molar-refractivity contribution is -0.117. The Bertz CT molecular complexity index is 1210. The zero-order valence-electron chi connectivity index (χ0n) is 17.0. The van der Waals surface area contributed by atoms with E-state index in [1.807, 2.05) is 77.1 Å². The molecule has 0 saturated heterocycles. The van der Waals surface area contributed by atoms with Gasteiger partial charge in [-0.15, -0.1) is 10.2 Å². The summed E-state index contributed by atoms with van der Waals surface area (Å²) in [6, 6.07) is 21.9. The molecule has 1 unspecified atom stereocenters. The minimum atomic E-state index is -0.303. The molecular weight excluding hydrogens is 406 g/mol. The molecule has 1 aliphatic rings. The van der Waals surface area contributed by atoms with Crippen LogP contribution in [-0.4, -0.2) is 37.5 Å². The summed E-state index contributed by atoms with van der Waals surface area (Å²) < 4.78 is 2.00. The van der Waals surface area contributed by atoms with E-state index in [0.29, 0.717) is 5.16 Å². The lowest BCUT2D eigenvalue weighted by atomic mass is 10.2. The first-order chi connectivity index (χ1) is 15.2. The van der Waals surface area contributed by atoms with Gasteiger partial charge in [0.1, 0.15) is 0 Å². The Morgan fingerprint density at radius 1 is 0.968 bits per heavy atom. The fourth-order valence-electron chi connectivity index (χ4n) is 3.84. The van der Waals surface area contributed by atoms with Crippen molar-refractivity contribution >= 4 is 23.4 Å². The van der Waals surface area contributed by atoms with E-state index in [0.717, 1.165) is 35.7 Å². The number of amides is 1. The highest BCUT2D eigenvalue weighted by molar-refractivity contribution is 8.00. The number of carbonyl (C=O) groups excluding carboxylic acids is 1. The number of para-hydroxylation sites is 2. The second-order valence-electron chi connectivity index (χ2n) is 7.34. The van der Waals surface area contributed by atoms with Crippen molar-refractivity contribution in [2.45, 2.75) is 23.8 Å². The molecule has 0 N–H and O–H groups in total. The van der Waals surface area contributed by atoms with Gasteiger partial charge in [-0.05, 0) is 49.2 Å². The fraction of sp³-hybridized carbons (Fsp3) is 0.167. The summed E-state index contributed by atoms with van der Waals surface area (Å²) in [5, 5.41) is 9.28. The minimum Gasteiger partial charge on any atom is -0.311 e. The third kappa shape index (κ3) is 3.72. The average molecular weight is 428 g/mol. The largest absolute Gasteiger partial charge is 0.311 e. The van der Waals surface area contributed by atoms with Crippen molar-refractivity contribution in [1.29, 1.82) is 0 Å². The van der Waals surface area contributed by atoms with E-state index in [-0.39, 0.29) is 11.2 Å². The summed E-state index contributed by atoms with van der Waals surface area (Å²) in [4.78, 5) is 19.3. The Hall–Kier alpha value is -3.45. The molecule has 6 nitrogen and oxygen atoms in total. The molecule has 3 heterocycles. The monoisotopic (exact) mass is 427 g/mol. The molecule has 2 aromatic carbocycles. The van der Waals surface area contributed by atoms with Crippen LogP contribution in [-0.2, 0) is 11.2 Å². The topological polar surface area (TPSA) is 63.9 Å². The number of carbonyl (C=O) groups is 1. The number of anilines is 1. The van der Waals surface area contributed by atoms with E-state index in [1.165, 1.54) is 17.3 Å². The first kappa shape index (κ1) is 19.5. The van der Waals surface area contributed by atoms with Crippen LogP contribution in [0, 0.1) is 0 Å². The number of hydrogen-bond donors (Lipinski definition) is 0. The lowest BCUT2D eigenvalue weighted by Gasteiger charge is -2.21. The van der Waals surface area contributed by atoms with Gasteiger partial charge in [0.05, 0.1) is 5.25 Å². The number of fused-ring (bicyclic) bond motifs is 1. The summed E-state index contributed by atoms with van der Waals surface area (Å²) in [7, 11) is 0. The van der Waals surface area contributed by atoms with Crippen LogP contribution >= 0.6 is 11.8 Å². The highest BCUT2D eigenvalue weighted by atomic mass is 32.2. The van der Waals surface area contributed by atoms with Crippen LogP contribution in [0.4, 0.5) is 5.69 Å². The molecule has 1 amide bonds. The number of pyridine rings is 1. The van der Waals surface area contributed by atoms with Crippen molar-refractivity contribution in [1.82, 2.24) is 19.7 Å². The molecular formula is C24H21N5OS. The molecule has 2 aromatic heterocycles. The zero-order chi connectivity index (χ0) is 21.2. The Labute approximate surface area is 185 Å². The standard InChI is InChI=1S/C24H21N5OS/c1-17(23(30)28-16-13-18-7-5-6-10-21(18)28)31-24-27-26-22(19-11-14-25-15-12-19)29(24)20-8-3-2-4-9-20/h2-12,14-15,17H,13,16H2,1H3. The molecule has 1 aliphatic heterocycles. The number of benzene rings is 2. The van der Waals surface area contributed by atoms with Gasteiger partial charge < -0.3 is 4.90 Å². The SMILES string of the molecule is CC(Sc1nnc(-c2ccncc2)n1-c1ccccc1)C(=O)N1CCc2ccccc21. The van der Waals surface area contributed by atoms with Gasteiger partial charge in [-0.1, -0.05) is 48.2 Å². The van der Waals surface area contributed by atoms with Crippen molar-refractivity contribution in [3.05, 3.63) is 84.7 Å². The predicted octanol–water partition coefficient (Wildman–Crippen LogP) is 4.40. The second-order valence-corrected chi connectivity index (χ2v) is 8.65. The number of thioether (sulfide) groups is 1. The fourth-order valence-corrected chi connectivity index (χ4v) is 4.77. The molecule has 0 radical (unpaired) electrons. The van der Waals surface area contributed by atoms with E-state index >= 15 is 0 Å². The van der Waals surface area contributed by atoms with Gasteiger partial charge in [-0.2, -0.15) is 0 Å². The van der Waals surface area contributed by atoms with Crippen LogP contribution in [0.15, 0.2) is 84.3 Å². The minimum absolute atomic E-state index is 0.0861. The third-order valence-electron chi connectivity index (χ3n) is 5.37.